The average Bonchev–Trinajstić information content (AvgIpc) is 2.39. The van der Waals surface area contributed by atoms with Crippen molar-refractivity contribution in [2.24, 2.45) is 0 Å². The largest absolute Gasteiger partial charge is 0.376 e. The first-order valence-corrected chi connectivity index (χ1v) is 6.71. The molecule has 3 nitrogen and oxygen atoms in total. The quantitative estimate of drug-likeness (QED) is 0.784. The summed E-state index contributed by atoms with van der Waals surface area (Å²) in [6.07, 6.45) is 3.54. The van der Waals surface area contributed by atoms with Gasteiger partial charge >= 0.3 is 0 Å². The second kappa shape index (κ2) is 6.15. The maximum atomic E-state index is 13.2. The number of nitrogens with zero attached hydrogens (tertiary/aromatic N) is 1. The second-order valence-electron chi connectivity index (χ2n) is 5.09. The molecule has 19 heavy (non-hydrogen) atoms. The Kier molecular flexibility index (Phi) is 4.53. The highest BCUT2D eigenvalue weighted by molar-refractivity contribution is 5.99. The maximum Gasteiger partial charge on any atom is 0.161 e. The molecular formula is C15H20FNO2. The van der Waals surface area contributed by atoms with E-state index < -0.39 is 0 Å². The Hall–Kier alpha value is -1.42. The summed E-state index contributed by atoms with van der Waals surface area (Å²) in [5, 5.41) is 0. The molecule has 1 aliphatic rings. The molecule has 1 aromatic rings. The highest BCUT2D eigenvalue weighted by atomic mass is 19.1. The number of ketones is 1. The van der Waals surface area contributed by atoms with Gasteiger partial charge < -0.3 is 9.64 Å². The lowest BCUT2D eigenvalue weighted by Crippen LogP contribution is -2.34. The molecule has 1 heterocycles. The summed E-state index contributed by atoms with van der Waals surface area (Å²) >= 11 is 0. The first kappa shape index (κ1) is 14.0. The second-order valence-corrected chi connectivity index (χ2v) is 5.09. The van der Waals surface area contributed by atoms with Gasteiger partial charge in [-0.2, -0.15) is 0 Å². The van der Waals surface area contributed by atoms with E-state index in [1.165, 1.54) is 25.5 Å². The first-order chi connectivity index (χ1) is 9.08. The summed E-state index contributed by atoms with van der Waals surface area (Å²) in [7, 11) is 1.91. The number of rotatable bonds is 4. The number of halogens is 1. The van der Waals surface area contributed by atoms with Gasteiger partial charge in [-0.15, -0.1) is 0 Å². The van der Waals surface area contributed by atoms with Gasteiger partial charge in [0.25, 0.3) is 0 Å². The molecule has 0 saturated carbocycles. The normalized spacial score (nSPS) is 19.2. The Morgan fingerprint density at radius 2 is 2.26 bits per heavy atom. The van der Waals surface area contributed by atoms with Gasteiger partial charge in [0.05, 0.1) is 6.10 Å². The predicted octanol–water partition coefficient (Wildman–Crippen LogP) is 3.03. The number of likely N-dealkylation sites (N-methyl/N-ethyl adjacent to an activating group) is 1. The fourth-order valence-electron chi connectivity index (χ4n) is 2.48. The minimum Gasteiger partial charge on any atom is -0.376 e. The average molecular weight is 265 g/mol. The summed E-state index contributed by atoms with van der Waals surface area (Å²) in [5.74, 6) is -0.498. The van der Waals surface area contributed by atoms with E-state index in [4.69, 9.17) is 4.74 Å². The summed E-state index contributed by atoms with van der Waals surface area (Å²) in [6.45, 7) is 3.00. The van der Waals surface area contributed by atoms with Gasteiger partial charge in [0, 0.05) is 31.5 Å². The molecule has 1 atom stereocenters. The Balaban J connectivity index is 2.13. The minimum absolute atomic E-state index is 0.120. The lowest BCUT2D eigenvalue weighted by molar-refractivity contribution is 0.0216. The van der Waals surface area contributed by atoms with Crippen LogP contribution in [0, 0.1) is 5.82 Å². The van der Waals surface area contributed by atoms with Gasteiger partial charge in [0.1, 0.15) is 5.82 Å². The minimum atomic E-state index is -0.378. The highest BCUT2D eigenvalue weighted by Crippen LogP contribution is 2.23. The molecule has 104 valence electrons. The highest BCUT2D eigenvalue weighted by Gasteiger charge is 2.18. The maximum absolute atomic E-state index is 13.2. The summed E-state index contributed by atoms with van der Waals surface area (Å²) in [6, 6.07) is 4.35. The van der Waals surface area contributed by atoms with Crippen molar-refractivity contribution < 1.29 is 13.9 Å². The molecule has 2 rings (SSSR count). The van der Waals surface area contributed by atoms with Gasteiger partial charge in [-0.25, -0.2) is 4.39 Å². The van der Waals surface area contributed by atoms with E-state index in [2.05, 4.69) is 0 Å². The van der Waals surface area contributed by atoms with Crippen LogP contribution in [-0.2, 0) is 4.74 Å². The summed E-state index contributed by atoms with van der Waals surface area (Å²) < 4.78 is 18.9. The first-order valence-electron chi connectivity index (χ1n) is 6.71. The van der Waals surface area contributed by atoms with Gasteiger partial charge in [0.15, 0.2) is 5.78 Å². The standard InChI is InChI=1S/C15H20FNO2/c1-11(18)14-9-12(16)6-7-15(14)17(2)10-13-5-3-4-8-19-13/h6-7,9,13H,3-5,8,10H2,1-2H3. The van der Waals surface area contributed by atoms with Crippen molar-refractivity contribution in [3.8, 4) is 0 Å². The van der Waals surface area contributed by atoms with Crippen molar-refractivity contribution in [3.05, 3.63) is 29.6 Å². The Morgan fingerprint density at radius 3 is 2.89 bits per heavy atom. The van der Waals surface area contributed by atoms with Crippen molar-refractivity contribution in [3.63, 3.8) is 0 Å². The van der Waals surface area contributed by atoms with Crippen LogP contribution in [0.15, 0.2) is 18.2 Å². The molecule has 1 saturated heterocycles. The molecule has 0 N–H and O–H groups in total. The zero-order valence-corrected chi connectivity index (χ0v) is 11.5. The molecule has 0 radical (unpaired) electrons. The van der Waals surface area contributed by atoms with E-state index in [1.54, 1.807) is 6.07 Å². The summed E-state index contributed by atoms with van der Waals surface area (Å²) in [4.78, 5) is 13.6. The molecular weight excluding hydrogens is 245 g/mol. The number of benzene rings is 1. The van der Waals surface area contributed by atoms with Crippen molar-refractivity contribution in [1.82, 2.24) is 0 Å². The zero-order chi connectivity index (χ0) is 13.8. The van der Waals surface area contributed by atoms with E-state index in [0.717, 1.165) is 31.7 Å². The summed E-state index contributed by atoms with van der Waals surface area (Å²) in [5.41, 5.74) is 1.20. The molecule has 0 aromatic heterocycles. The molecule has 0 bridgehead atoms. The molecule has 0 spiro atoms. The van der Waals surface area contributed by atoms with Crippen LogP contribution >= 0.6 is 0 Å². The number of hydrogen-bond donors (Lipinski definition) is 0. The van der Waals surface area contributed by atoms with Crippen molar-refractivity contribution >= 4 is 11.5 Å². The topological polar surface area (TPSA) is 29.5 Å². The molecule has 1 unspecified atom stereocenters. The Morgan fingerprint density at radius 1 is 1.47 bits per heavy atom. The molecule has 1 fully saturated rings. The third kappa shape index (κ3) is 3.53. The fraction of sp³-hybridized carbons (Fsp3) is 0.533. The fourth-order valence-corrected chi connectivity index (χ4v) is 2.48. The third-order valence-corrected chi connectivity index (χ3v) is 3.50. The Bertz CT molecular complexity index is 455. The van der Waals surface area contributed by atoms with Crippen molar-refractivity contribution in [2.75, 3.05) is 25.1 Å². The van der Waals surface area contributed by atoms with E-state index in [1.807, 2.05) is 11.9 Å². The molecule has 0 amide bonds. The number of ether oxygens (including phenoxy) is 1. The number of carbonyl (C=O) groups excluding carboxylic acids is 1. The van der Waals surface area contributed by atoms with Crippen LogP contribution in [0.2, 0.25) is 0 Å². The van der Waals surface area contributed by atoms with E-state index in [9.17, 15) is 9.18 Å². The lowest BCUT2D eigenvalue weighted by atomic mass is 10.1. The van der Waals surface area contributed by atoms with Crippen molar-refractivity contribution in [2.45, 2.75) is 32.3 Å². The number of hydrogen-bond acceptors (Lipinski definition) is 3. The monoisotopic (exact) mass is 265 g/mol. The predicted molar refractivity (Wildman–Crippen MR) is 73.3 cm³/mol. The van der Waals surface area contributed by atoms with Crippen LogP contribution in [0.5, 0.6) is 0 Å². The number of carbonyl (C=O) groups is 1. The third-order valence-electron chi connectivity index (χ3n) is 3.50. The van der Waals surface area contributed by atoms with Crippen molar-refractivity contribution in [1.29, 1.82) is 0 Å². The SMILES string of the molecule is CC(=O)c1cc(F)ccc1N(C)CC1CCCCO1. The molecule has 1 aliphatic heterocycles. The number of anilines is 1. The molecule has 0 aliphatic carbocycles. The number of Topliss-reactive ketones (excluding diaryl/α,β-unsaturated/α-hetero) is 1. The van der Waals surface area contributed by atoms with Gasteiger partial charge in [-0.1, -0.05) is 0 Å². The van der Waals surface area contributed by atoms with Gasteiger partial charge in [-0.3, -0.25) is 4.79 Å². The van der Waals surface area contributed by atoms with Crippen LogP contribution in [0.25, 0.3) is 0 Å². The van der Waals surface area contributed by atoms with Gasteiger partial charge in [-0.05, 0) is 44.4 Å². The van der Waals surface area contributed by atoms with E-state index >= 15 is 0 Å². The Labute approximate surface area is 113 Å². The van der Waals surface area contributed by atoms with Crippen LogP contribution in [-0.4, -0.2) is 32.1 Å². The molecule has 1 aromatic carbocycles. The van der Waals surface area contributed by atoms with Crippen LogP contribution in [0.1, 0.15) is 36.5 Å². The van der Waals surface area contributed by atoms with Crippen LogP contribution < -0.4 is 4.90 Å². The molecule has 4 heteroatoms. The van der Waals surface area contributed by atoms with E-state index in [0.29, 0.717) is 5.56 Å². The smallest absolute Gasteiger partial charge is 0.161 e. The zero-order valence-electron chi connectivity index (χ0n) is 11.5. The van der Waals surface area contributed by atoms with Crippen LogP contribution in [0.4, 0.5) is 10.1 Å². The van der Waals surface area contributed by atoms with E-state index in [-0.39, 0.29) is 17.7 Å². The lowest BCUT2D eigenvalue weighted by Gasteiger charge is -2.29. The van der Waals surface area contributed by atoms with Gasteiger partial charge in [0.2, 0.25) is 0 Å². The van der Waals surface area contributed by atoms with Crippen LogP contribution in [0.3, 0.4) is 0 Å².